The molecule has 2 aromatic heterocycles. The van der Waals surface area contributed by atoms with Gasteiger partial charge in [-0.1, -0.05) is 0 Å². The van der Waals surface area contributed by atoms with Crippen LogP contribution in [0.25, 0.3) is 5.82 Å². The van der Waals surface area contributed by atoms with Gasteiger partial charge in [-0.25, -0.2) is 4.98 Å². The number of aromatic nitrogens is 4. The van der Waals surface area contributed by atoms with Crippen molar-refractivity contribution in [2.45, 2.75) is 32.9 Å². The summed E-state index contributed by atoms with van der Waals surface area (Å²) in [7, 11) is 1.95. The summed E-state index contributed by atoms with van der Waals surface area (Å²) >= 11 is 0. The van der Waals surface area contributed by atoms with Crippen LogP contribution < -0.4 is 5.32 Å². The summed E-state index contributed by atoms with van der Waals surface area (Å²) in [6.07, 6.45) is 5.66. The van der Waals surface area contributed by atoms with Crippen molar-refractivity contribution in [2.75, 3.05) is 7.05 Å². The normalized spacial score (nSPS) is 12.0. The van der Waals surface area contributed by atoms with Gasteiger partial charge in [-0.05, 0) is 27.8 Å². The van der Waals surface area contributed by atoms with Crippen LogP contribution in [0.3, 0.4) is 0 Å². The maximum atomic E-state index is 4.49. The predicted octanol–water partition coefficient (Wildman–Crippen LogP) is 1.54. The molecule has 2 heterocycles. The molecule has 0 fully saturated rings. The number of hydrogen-bond acceptors (Lipinski definition) is 3. The Balaban J connectivity index is 2.43. The maximum Gasteiger partial charge on any atom is 0.160 e. The molecule has 0 aromatic carbocycles. The minimum atomic E-state index is -0.132. The van der Waals surface area contributed by atoms with Crippen molar-refractivity contribution in [2.24, 2.45) is 0 Å². The van der Waals surface area contributed by atoms with E-state index < -0.39 is 0 Å². The van der Waals surface area contributed by atoms with Crippen LogP contribution in [0.1, 0.15) is 26.5 Å². The van der Waals surface area contributed by atoms with Gasteiger partial charge in [-0.15, -0.1) is 0 Å². The van der Waals surface area contributed by atoms with E-state index in [-0.39, 0.29) is 5.54 Å². The van der Waals surface area contributed by atoms with Gasteiger partial charge in [-0.3, -0.25) is 9.25 Å². The second-order valence-electron chi connectivity index (χ2n) is 4.55. The molecular formula is C12H19N5. The monoisotopic (exact) mass is 233 g/mol. The summed E-state index contributed by atoms with van der Waals surface area (Å²) in [5, 5.41) is 7.77. The number of imidazole rings is 1. The fourth-order valence-electron chi connectivity index (χ4n) is 1.72. The fraction of sp³-hybridized carbons (Fsp3) is 0.500. The molecule has 0 aliphatic heterocycles. The summed E-state index contributed by atoms with van der Waals surface area (Å²) < 4.78 is 3.92. The number of aryl methyl sites for hydroxylation is 1. The third-order valence-electron chi connectivity index (χ3n) is 3.10. The molecule has 5 nitrogen and oxygen atoms in total. The van der Waals surface area contributed by atoms with Crippen molar-refractivity contribution in [1.82, 2.24) is 24.6 Å². The summed E-state index contributed by atoms with van der Waals surface area (Å²) in [6, 6.07) is 2.00. The lowest BCUT2D eigenvalue weighted by Crippen LogP contribution is -2.35. The molecule has 0 amide bonds. The highest BCUT2D eigenvalue weighted by atomic mass is 15.3. The lowest BCUT2D eigenvalue weighted by atomic mass is 10.0. The molecule has 0 unspecified atom stereocenters. The highest BCUT2D eigenvalue weighted by molar-refractivity contribution is 5.26. The Morgan fingerprint density at radius 2 is 2.18 bits per heavy atom. The van der Waals surface area contributed by atoms with Crippen LogP contribution in [0.2, 0.25) is 0 Å². The summed E-state index contributed by atoms with van der Waals surface area (Å²) in [4.78, 5) is 4.22. The number of hydrogen-bond donors (Lipinski definition) is 1. The Bertz CT molecular complexity index is 494. The van der Waals surface area contributed by atoms with E-state index in [9.17, 15) is 0 Å². The highest BCUT2D eigenvalue weighted by Gasteiger charge is 2.23. The van der Waals surface area contributed by atoms with E-state index in [1.54, 1.807) is 6.33 Å². The van der Waals surface area contributed by atoms with E-state index in [2.05, 4.69) is 36.2 Å². The maximum absolute atomic E-state index is 4.49. The smallest absolute Gasteiger partial charge is 0.160 e. The van der Waals surface area contributed by atoms with Gasteiger partial charge in [0, 0.05) is 18.8 Å². The molecule has 17 heavy (non-hydrogen) atoms. The van der Waals surface area contributed by atoms with Crippen LogP contribution >= 0.6 is 0 Å². The number of nitrogens with one attached hydrogen (secondary N) is 1. The topological polar surface area (TPSA) is 47.7 Å². The SMILES string of the molecule is CCn1ccc(-n2cncc2C(C)(C)NC)n1. The average Bonchev–Trinajstić information content (AvgIpc) is 2.97. The quantitative estimate of drug-likeness (QED) is 0.871. The number of nitrogens with zero attached hydrogens (tertiary/aromatic N) is 4. The molecule has 0 aliphatic carbocycles. The van der Waals surface area contributed by atoms with Crippen molar-refractivity contribution in [3.8, 4) is 5.82 Å². The Hall–Kier alpha value is -1.62. The van der Waals surface area contributed by atoms with Crippen molar-refractivity contribution >= 4 is 0 Å². The van der Waals surface area contributed by atoms with Gasteiger partial charge in [0.2, 0.25) is 0 Å². The first-order chi connectivity index (χ1) is 8.08. The van der Waals surface area contributed by atoms with Crippen molar-refractivity contribution < 1.29 is 0 Å². The molecule has 0 atom stereocenters. The zero-order valence-corrected chi connectivity index (χ0v) is 10.8. The third kappa shape index (κ3) is 2.10. The van der Waals surface area contributed by atoms with E-state index in [0.29, 0.717) is 0 Å². The minimum absolute atomic E-state index is 0.132. The van der Waals surface area contributed by atoms with E-state index in [4.69, 9.17) is 0 Å². The lowest BCUT2D eigenvalue weighted by Gasteiger charge is -2.24. The van der Waals surface area contributed by atoms with Crippen molar-refractivity contribution in [3.05, 3.63) is 30.5 Å². The third-order valence-corrected chi connectivity index (χ3v) is 3.10. The standard InChI is InChI=1S/C12H19N5/c1-5-16-7-6-11(15-16)17-9-14-8-10(17)12(2,3)13-4/h6-9,13H,5H2,1-4H3. The molecule has 0 saturated carbocycles. The van der Waals surface area contributed by atoms with Gasteiger partial charge in [0.25, 0.3) is 0 Å². The molecule has 0 radical (unpaired) electrons. The molecule has 1 N–H and O–H groups in total. The molecule has 92 valence electrons. The fourth-order valence-corrected chi connectivity index (χ4v) is 1.72. The molecule has 0 aliphatic rings. The first kappa shape index (κ1) is 11.9. The first-order valence-electron chi connectivity index (χ1n) is 5.84. The van der Waals surface area contributed by atoms with E-state index >= 15 is 0 Å². The molecule has 5 heteroatoms. The molecule has 0 saturated heterocycles. The van der Waals surface area contributed by atoms with E-state index in [0.717, 1.165) is 18.1 Å². The van der Waals surface area contributed by atoms with Gasteiger partial charge in [0.05, 0.1) is 17.4 Å². The van der Waals surface area contributed by atoms with Crippen LogP contribution in [0.4, 0.5) is 0 Å². The Kier molecular flexibility index (Phi) is 3.02. The zero-order valence-electron chi connectivity index (χ0n) is 10.8. The lowest BCUT2D eigenvalue weighted by molar-refractivity contribution is 0.423. The van der Waals surface area contributed by atoms with Crippen LogP contribution in [-0.2, 0) is 12.1 Å². The second-order valence-corrected chi connectivity index (χ2v) is 4.55. The Morgan fingerprint density at radius 3 is 2.76 bits per heavy atom. The van der Waals surface area contributed by atoms with Crippen LogP contribution in [0, 0.1) is 0 Å². The molecular weight excluding hydrogens is 214 g/mol. The van der Waals surface area contributed by atoms with Crippen molar-refractivity contribution in [3.63, 3.8) is 0 Å². The van der Waals surface area contributed by atoms with Crippen LogP contribution in [0.15, 0.2) is 24.8 Å². The molecule has 0 bridgehead atoms. The van der Waals surface area contributed by atoms with Gasteiger partial charge in [0.1, 0.15) is 6.33 Å². The van der Waals surface area contributed by atoms with Gasteiger partial charge in [0.15, 0.2) is 5.82 Å². The summed E-state index contributed by atoms with van der Waals surface area (Å²) in [5.74, 6) is 0.905. The second kappa shape index (κ2) is 4.33. The highest BCUT2D eigenvalue weighted by Crippen LogP contribution is 2.21. The molecule has 2 rings (SSSR count). The van der Waals surface area contributed by atoms with Crippen LogP contribution in [0.5, 0.6) is 0 Å². The van der Waals surface area contributed by atoms with E-state index in [1.807, 2.05) is 34.8 Å². The first-order valence-corrected chi connectivity index (χ1v) is 5.84. The largest absolute Gasteiger partial charge is 0.310 e. The Labute approximate surface area is 101 Å². The Morgan fingerprint density at radius 1 is 1.41 bits per heavy atom. The van der Waals surface area contributed by atoms with Gasteiger partial charge >= 0.3 is 0 Å². The van der Waals surface area contributed by atoms with Crippen molar-refractivity contribution in [1.29, 1.82) is 0 Å². The summed E-state index contributed by atoms with van der Waals surface area (Å²) in [6.45, 7) is 7.19. The summed E-state index contributed by atoms with van der Waals surface area (Å²) in [5.41, 5.74) is 0.966. The van der Waals surface area contributed by atoms with E-state index in [1.165, 1.54) is 0 Å². The zero-order chi connectivity index (χ0) is 12.5. The number of rotatable bonds is 4. The molecule has 0 spiro atoms. The molecule has 2 aromatic rings. The van der Waals surface area contributed by atoms with Gasteiger partial charge in [-0.2, -0.15) is 5.10 Å². The predicted molar refractivity (Wildman–Crippen MR) is 67.1 cm³/mol. The average molecular weight is 233 g/mol. The van der Waals surface area contributed by atoms with Gasteiger partial charge < -0.3 is 5.32 Å². The van der Waals surface area contributed by atoms with Crippen LogP contribution in [-0.4, -0.2) is 26.4 Å². The minimum Gasteiger partial charge on any atom is -0.310 e.